The van der Waals surface area contributed by atoms with Crippen molar-refractivity contribution in [3.63, 3.8) is 0 Å². The van der Waals surface area contributed by atoms with Crippen molar-refractivity contribution in [2.75, 3.05) is 5.32 Å². The number of carbonyl (C=O) groups is 2. The number of rotatable bonds is 4. The Hall–Kier alpha value is -4.45. The zero-order valence-electron chi connectivity index (χ0n) is 14.7. The quantitative estimate of drug-likeness (QED) is 0.551. The van der Waals surface area contributed by atoms with Gasteiger partial charge < -0.3 is 19.6 Å². The number of nitriles is 1. The highest BCUT2D eigenvalue weighted by Gasteiger charge is 2.18. The number of hydrogen-bond acceptors (Lipinski definition) is 7. The first-order valence-electron chi connectivity index (χ1n) is 8.42. The molecule has 0 saturated heterocycles. The van der Waals surface area contributed by atoms with Crippen LogP contribution in [0.2, 0.25) is 0 Å². The number of hydrogen-bond donors (Lipinski definition) is 1. The smallest absolute Gasteiger partial charge is 0.275 e. The molecule has 29 heavy (non-hydrogen) atoms. The maximum atomic E-state index is 12.6. The van der Waals surface area contributed by atoms with Crippen molar-refractivity contribution in [1.29, 1.82) is 5.26 Å². The lowest BCUT2D eigenvalue weighted by Gasteiger charge is -2.11. The minimum Gasteiger partial charge on any atom is -0.543 e. The zero-order valence-corrected chi connectivity index (χ0v) is 14.7. The molecule has 9 heteroatoms. The second kappa shape index (κ2) is 6.94. The predicted molar refractivity (Wildman–Crippen MR) is 99.9 cm³/mol. The molecular weight excluding hydrogens is 376 g/mol. The van der Waals surface area contributed by atoms with Gasteiger partial charge in [0, 0.05) is 10.8 Å². The molecule has 0 radical (unpaired) electrons. The summed E-state index contributed by atoms with van der Waals surface area (Å²) in [7, 11) is 0. The molecule has 0 spiro atoms. The van der Waals surface area contributed by atoms with E-state index in [9.17, 15) is 24.8 Å². The lowest BCUT2D eigenvalue weighted by atomic mass is 10.1. The Kier molecular flexibility index (Phi) is 4.29. The number of para-hydroxylation sites is 1. The molecule has 2 heterocycles. The first kappa shape index (κ1) is 17.9. The second-order valence-corrected chi connectivity index (χ2v) is 6.11. The summed E-state index contributed by atoms with van der Waals surface area (Å²) in [5, 5.41) is 27.7. The van der Waals surface area contributed by atoms with E-state index in [4.69, 9.17) is 4.42 Å². The van der Waals surface area contributed by atoms with Gasteiger partial charge in [0.05, 0.1) is 11.4 Å². The summed E-state index contributed by atoms with van der Waals surface area (Å²) in [5.41, 5.74) is -0.487. The van der Waals surface area contributed by atoms with Crippen molar-refractivity contribution in [3.05, 3.63) is 70.3 Å². The van der Waals surface area contributed by atoms with Gasteiger partial charge in [0.2, 0.25) is 11.7 Å². The van der Waals surface area contributed by atoms with Crippen LogP contribution in [0, 0.1) is 11.3 Å². The first-order chi connectivity index (χ1) is 14.0. The molecule has 0 bridgehead atoms. The average Bonchev–Trinajstić information content (AvgIpc) is 3.07. The summed E-state index contributed by atoms with van der Waals surface area (Å²) < 4.78 is 6.13. The van der Waals surface area contributed by atoms with Gasteiger partial charge in [0.1, 0.15) is 29.6 Å². The Morgan fingerprint density at radius 2 is 1.76 bits per heavy atom. The van der Waals surface area contributed by atoms with Crippen molar-refractivity contribution < 1.29 is 19.1 Å². The van der Waals surface area contributed by atoms with Crippen LogP contribution in [0.1, 0.15) is 16.2 Å². The number of aromatic carboxylic acids is 1. The monoisotopic (exact) mass is 387 g/mol. The average molecular weight is 387 g/mol. The summed E-state index contributed by atoms with van der Waals surface area (Å²) in [6, 6.07) is 14.6. The molecule has 2 aromatic heterocycles. The van der Waals surface area contributed by atoms with Gasteiger partial charge in [-0.3, -0.25) is 9.59 Å². The second-order valence-electron chi connectivity index (χ2n) is 6.11. The fourth-order valence-electron chi connectivity index (χ4n) is 3.06. The number of anilines is 1. The SMILES string of the molecule is N#Cc1oc2ccccc2c1NC(=O)Cn1nc(C(=O)[O-])c2ccccc2c1=O. The highest BCUT2D eigenvalue weighted by Crippen LogP contribution is 2.30. The fourth-order valence-corrected chi connectivity index (χ4v) is 3.06. The molecule has 0 aliphatic carbocycles. The van der Waals surface area contributed by atoms with Gasteiger partial charge in [-0.25, -0.2) is 4.68 Å². The molecule has 0 atom stereocenters. The maximum Gasteiger partial charge on any atom is 0.275 e. The van der Waals surface area contributed by atoms with E-state index in [1.807, 2.05) is 6.07 Å². The zero-order chi connectivity index (χ0) is 20.5. The van der Waals surface area contributed by atoms with Crippen LogP contribution in [-0.4, -0.2) is 21.7 Å². The first-order valence-corrected chi connectivity index (χ1v) is 8.42. The third-order valence-electron chi connectivity index (χ3n) is 4.32. The van der Waals surface area contributed by atoms with Crippen LogP contribution < -0.4 is 16.0 Å². The molecule has 1 amide bonds. The lowest BCUT2D eigenvalue weighted by Crippen LogP contribution is -2.34. The Balaban J connectivity index is 1.72. The van der Waals surface area contributed by atoms with Crippen LogP contribution in [0.4, 0.5) is 5.69 Å². The van der Waals surface area contributed by atoms with Crippen LogP contribution in [0.25, 0.3) is 21.7 Å². The summed E-state index contributed by atoms with van der Waals surface area (Å²) in [6.45, 7) is -0.561. The molecule has 0 aliphatic heterocycles. The molecule has 1 N–H and O–H groups in total. The normalized spacial score (nSPS) is 10.7. The number of carboxylic acids is 1. The molecule has 2 aromatic carbocycles. The topological polar surface area (TPSA) is 141 Å². The van der Waals surface area contributed by atoms with Crippen LogP contribution in [0.15, 0.2) is 57.7 Å². The van der Waals surface area contributed by atoms with Gasteiger partial charge in [-0.05, 0) is 18.2 Å². The van der Waals surface area contributed by atoms with Crippen LogP contribution in [-0.2, 0) is 11.3 Å². The lowest BCUT2D eigenvalue weighted by molar-refractivity contribution is -0.255. The summed E-state index contributed by atoms with van der Waals surface area (Å²) in [4.78, 5) is 36.6. The van der Waals surface area contributed by atoms with E-state index < -0.39 is 29.7 Å². The van der Waals surface area contributed by atoms with E-state index in [2.05, 4.69) is 10.4 Å². The molecule has 142 valence electrons. The highest BCUT2D eigenvalue weighted by molar-refractivity contribution is 6.03. The molecule has 0 aliphatic rings. The van der Waals surface area contributed by atoms with Crippen molar-refractivity contribution in [2.45, 2.75) is 6.54 Å². The van der Waals surface area contributed by atoms with Crippen LogP contribution >= 0.6 is 0 Å². The molecular formula is C20H11N4O5-. The molecule has 0 saturated carbocycles. The number of benzene rings is 2. The third-order valence-corrected chi connectivity index (χ3v) is 4.32. The molecule has 0 fully saturated rings. The number of furan rings is 1. The van der Waals surface area contributed by atoms with Crippen LogP contribution in [0.5, 0.6) is 0 Å². The predicted octanol–water partition coefficient (Wildman–Crippen LogP) is 1.02. The van der Waals surface area contributed by atoms with Gasteiger partial charge in [0.25, 0.3) is 5.56 Å². The third kappa shape index (κ3) is 3.08. The number of carbonyl (C=O) groups excluding carboxylic acids is 2. The van der Waals surface area contributed by atoms with E-state index in [1.54, 1.807) is 36.4 Å². The van der Waals surface area contributed by atoms with Gasteiger partial charge in [0.15, 0.2) is 0 Å². The standard InChI is InChI=1S/C20H12N4O5/c21-9-15-17(13-7-3-4-8-14(13)29-15)22-16(25)10-24-19(26)12-6-2-1-5-11(12)18(23-24)20(27)28/h1-8H,10H2,(H,22,25)(H,27,28)/p-1. The Labute approximate surface area is 162 Å². The molecule has 0 unspecified atom stereocenters. The Morgan fingerprint density at radius 1 is 1.10 bits per heavy atom. The number of carboxylic acid groups (broad SMARTS) is 1. The van der Waals surface area contributed by atoms with Crippen molar-refractivity contribution >= 4 is 39.3 Å². The van der Waals surface area contributed by atoms with Gasteiger partial charge in [-0.1, -0.05) is 30.3 Å². The Bertz CT molecular complexity index is 1390. The number of fused-ring (bicyclic) bond motifs is 2. The van der Waals surface area contributed by atoms with Crippen molar-refractivity contribution in [1.82, 2.24) is 9.78 Å². The fraction of sp³-hybridized carbons (Fsp3) is 0.0500. The van der Waals surface area contributed by atoms with Crippen molar-refractivity contribution in [3.8, 4) is 6.07 Å². The summed E-state index contributed by atoms with van der Waals surface area (Å²) in [5.74, 6) is -2.33. The van der Waals surface area contributed by atoms with E-state index >= 15 is 0 Å². The van der Waals surface area contributed by atoms with E-state index in [-0.39, 0.29) is 22.2 Å². The number of nitrogens with zero attached hydrogens (tertiary/aromatic N) is 3. The van der Waals surface area contributed by atoms with E-state index in [1.165, 1.54) is 12.1 Å². The number of amides is 1. The molecule has 9 nitrogen and oxygen atoms in total. The van der Waals surface area contributed by atoms with E-state index in [0.29, 0.717) is 11.0 Å². The number of aromatic nitrogens is 2. The highest BCUT2D eigenvalue weighted by atomic mass is 16.4. The minimum absolute atomic E-state index is 0.0891. The van der Waals surface area contributed by atoms with Gasteiger partial charge >= 0.3 is 0 Å². The number of nitrogens with one attached hydrogen (secondary N) is 1. The molecule has 4 aromatic rings. The van der Waals surface area contributed by atoms with Crippen LogP contribution in [0.3, 0.4) is 0 Å². The molecule has 4 rings (SSSR count). The summed E-state index contributed by atoms with van der Waals surface area (Å²) >= 11 is 0. The van der Waals surface area contributed by atoms with Gasteiger partial charge in [-0.15, -0.1) is 0 Å². The minimum atomic E-state index is -1.57. The van der Waals surface area contributed by atoms with Gasteiger partial charge in [-0.2, -0.15) is 10.4 Å². The summed E-state index contributed by atoms with van der Waals surface area (Å²) in [6.07, 6.45) is 0. The maximum absolute atomic E-state index is 12.6. The Morgan fingerprint density at radius 3 is 2.45 bits per heavy atom. The van der Waals surface area contributed by atoms with E-state index in [0.717, 1.165) is 4.68 Å². The van der Waals surface area contributed by atoms with Crippen molar-refractivity contribution in [2.24, 2.45) is 0 Å². The largest absolute Gasteiger partial charge is 0.543 e.